The monoisotopic (exact) mass is 641 g/mol. The number of benzene rings is 6. The highest BCUT2D eigenvalue weighted by molar-refractivity contribution is 6.18. The lowest BCUT2D eigenvalue weighted by Crippen LogP contribution is -2.00. The zero-order valence-corrected chi connectivity index (χ0v) is 26.7. The summed E-state index contributed by atoms with van der Waals surface area (Å²) in [7, 11) is 0. The zero-order valence-electron chi connectivity index (χ0n) is 26.7. The number of nitrogens with zero attached hydrogens (tertiary/aromatic N) is 5. The van der Waals surface area contributed by atoms with Crippen LogP contribution in [0.3, 0.4) is 0 Å². The maximum Gasteiger partial charge on any atom is 0.167 e. The molecule has 6 aromatic carbocycles. The van der Waals surface area contributed by atoms with Gasteiger partial charge in [-0.1, -0.05) is 103 Å². The molecule has 234 valence electrons. The molecule has 0 fully saturated rings. The average Bonchev–Trinajstić information content (AvgIpc) is 3.72. The first-order chi connectivity index (χ1) is 24.8. The van der Waals surface area contributed by atoms with Crippen LogP contribution in [-0.2, 0) is 0 Å². The summed E-state index contributed by atoms with van der Waals surface area (Å²) in [6, 6.07) is 53.7. The minimum Gasteiger partial charge on any atom is -0.455 e. The minimum absolute atomic E-state index is 0.531. The second-order valence-electron chi connectivity index (χ2n) is 12.3. The SMILES string of the molecule is c1ccc(-c2nc(-c3ccccc3)nc(-c3cc(-c4ccccn4)cc4c3oc3cc5c6ccccc6n(-c6ccccc6)c5cc34)n2)cc1. The van der Waals surface area contributed by atoms with Gasteiger partial charge < -0.3 is 8.98 Å². The van der Waals surface area contributed by atoms with Crippen LogP contribution in [0.1, 0.15) is 0 Å². The Hall–Kier alpha value is -6.92. The molecule has 6 nitrogen and oxygen atoms in total. The molecule has 0 N–H and O–H groups in total. The van der Waals surface area contributed by atoms with Crippen LogP contribution >= 0.6 is 0 Å². The van der Waals surface area contributed by atoms with E-state index in [0.29, 0.717) is 23.1 Å². The third-order valence-corrected chi connectivity index (χ3v) is 9.28. The van der Waals surface area contributed by atoms with Crippen LogP contribution in [0.2, 0.25) is 0 Å². The summed E-state index contributed by atoms with van der Waals surface area (Å²) in [4.78, 5) is 19.8. The maximum absolute atomic E-state index is 6.86. The molecule has 0 aliphatic rings. The Morgan fingerprint density at radius 1 is 0.440 bits per heavy atom. The molecule has 50 heavy (non-hydrogen) atoms. The number of rotatable bonds is 5. The van der Waals surface area contributed by atoms with Crippen LogP contribution in [0, 0.1) is 0 Å². The predicted octanol–water partition coefficient (Wildman–Crippen LogP) is 10.9. The predicted molar refractivity (Wildman–Crippen MR) is 201 cm³/mol. The van der Waals surface area contributed by atoms with Crippen molar-refractivity contribution in [2.75, 3.05) is 0 Å². The number of hydrogen-bond acceptors (Lipinski definition) is 5. The van der Waals surface area contributed by atoms with Gasteiger partial charge in [-0.3, -0.25) is 4.98 Å². The minimum atomic E-state index is 0.531. The second-order valence-corrected chi connectivity index (χ2v) is 12.3. The van der Waals surface area contributed by atoms with E-state index in [1.165, 1.54) is 5.39 Å². The third-order valence-electron chi connectivity index (χ3n) is 9.28. The van der Waals surface area contributed by atoms with Crippen LogP contribution in [0.4, 0.5) is 0 Å². The number of aromatic nitrogens is 5. The van der Waals surface area contributed by atoms with E-state index in [9.17, 15) is 0 Å². The van der Waals surface area contributed by atoms with Crippen molar-refractivity contribution in [3.8, 4) is 51.1 Å². The fourth-order valence-corrected chi connectivity index (χ4v) is 6.97. The van der Waals surface area contributed by atoms with Crippen molar-refractivity contribution in [1.82, 2.24) is 24.5 Å². The van der Waals surface area contributed by atoms with Crippen LogP contribution in [-0.4, -0.2) is 24.5 Å². The Bertz CT molecular complexity index is 2790. The average molecular weight is 642 g/mol. The molecule has 0 aliphatic carbocycles. The molecule has 0 saturated carbocycles. The van der Waals surface area contributed by atoms with E-state index in [4.69, 9.17) is 24.4 Å². The lowest BCUT2D eigenvalue weighted by Gasteiger charge is -2.10. The number of fused-ring (bicyclic) bond motifs is 6. The van der Waals surface area contributed by atoms with E-state index >= 15 is 0 Å². The first-order valence-electron chi connectivity index (χ1n) is 16.6. The van der Waals surface area contributed by atoms with Gasteiger partial charge in [0.2, 0.25) is 0 Å². The molecule has 0 bridgehead atoms. The lowest BCUT2D eigenvalue weighted by atomic mass is 10.0. The molecular weight excluding hydrogens is 615 g/mol. The van der Waals surface area contributed by atoms with Crippen LogP contribution < -0.4 is 0 Å². The fraction of sp³-hybridized carbons (Fsp3) is 0. The van der Waals surface area contributed by atoms with Gasteiger partial charge in [0.15, 0.2) is 17.5 Å². The van der Waals surface area contributed by atoms with Gasteiger partial charge in [0, 0.05) is 50.1 Å². The normalized spacial score (nSPS) is 11.6. The topological polar surface area (TPSA) is 69.6 Å². The standard InChI is InChI=1S/C44H27N5O/c1-4-14-28(15-5-1)42-46-43(29-16-6-2-7-17-29)48-44(47-42)36-25-30(37-21-12-13-23-45-37)24-35-34-26-39-33(27-40(34)50-41(35)36)32-20-10-11-22-38(32)49(39)31-18-8-3-9-19-31/h1-27H. The highest BCUT2D eigenvalue weighted by Gasteiger charge is 2.22. The molecule has 0 atom stereocenters. The third kappa shape index (κ3) is 4.58. The van der Waals surface area contributed by atoms with Gasteiger partial charge in [0.1, 0.15) is 11.2 Å². The van der Waals surface area contributed by atoms with Crippen molar-refractivity contribution >= 4 is 43.7 Å². The van der Waals surface area contributed by atoms with E-state index < -0.39 is 0 Å². The van der Waals surface area contributed by atoms with Crippen molar-refractivity contribution in [2.45, 2.75) is 0 Å². The van der Waals surface area contributed by atoms with E-state index in [1.807, 2.05) is 91.1 Å². The Labute approximate surface area is 287 Å². The first kappa shape index (κ1) is 28.1. The molecule has 0 unspecified atom stereocenters. The summed E-state index contributed by atoms with van der Waals surface area (Å²) in [6.07, 6.45) is 1.82. The maximum atomic E-state index is 6.86. The molecule has 0 radical (unpaired) electrons. The second kappa shape index (κ2) is 11.4. The van der Waals surface area contributed by atoms with Gasteiger partial charge in [-0.05, 0) is 54.6 Å². The molecule has 4 heterocycles. The van der Waals surface area contributed by atoms with E-state index in [2.05, 4.69) is 77.4 Å². The summed E-state index contributed by atoms with van der Waals surface area (Å²) in [5.41, 5.74) is 9.26. The Morgan fingerprint density at radius 2 is 1.08 bits per heavy atom. The van der Waals surface area contributed by atoms with Crippen molar-refractivity contribution in [3.63, 3.8) is 0 Å². The molecule has 0 amide bonds. The number of pyridine rings is 1. The lowest BCUT2D eigenvalue weighted by molar-refractivity contribution is 0.670. The zero-order chi connectivity index (χ0) is 33.0. The molecule has 6 heteroatoms. The summed E-state index contributed by atoms with van der Waals surface area (Å²) in [5, 5.41) is 4.26. The van der Waals surface area contributed by atoms with Gasteiger partial charge in [0.05, 0.1) is 22.3 Å². The van der Waals surface area contributed by atoms with E-state index in [-0.39, 0.29) is 0 Å². The van der Waals surface area contributed by atoms with Gasteiger partial charge in [0.25, 0.3) is 0 Å². The van der Waals surface area contributed by atoms with Gasteiger partial charge >= 0.3 is 0 Å². The molecule has 0 spiro atoms. The van der Waals surface area contributed by atoms with Crippen LogP contribution in [0.5, 0.6) is 0 Å². The highest BCUT2D eigenvalue weighted by atomic mass is 16.3. The van der Waals surface area contributed by atoms with Crippen LogP contribution in [0.25, 0.3) is 94.9 Å². The first-order valence-corrected chi connectivity index (χ1v) is 16.6. The molecule has 0 aliphatic heterocycles. The fourth-order valence-electron chi connectivity index (χ4n) is 6.97. The van der Waals surface area contributed by atoms with Crippen molar-refractivity contribution < 1.29 is 4.42 Å². The number of hydrogen-bond donors (Lipinski definition) is 0. The molecule has 0 saturated heterocycles. The Kier molecular flexibility index (Phi) is 6.39. The van der Waals surface area contributed by atoms with Crippen molar-refractivity contribution in [3.05, 3.63) is 164 Å². The Balaban J connectivity index is 1.30. The molecule has 10 rings (SSSR count). The summed E-state index contributed by atoms with van der Waals surface area (Å²) >= 11 is 0. The number of furan rings is 1. The van der Waals surface area contributed by atoms with Gasteiger partial charge in [-0.25, -0.2) is 15.0 Å². The molecule has 10 aromatic rings. The smallest absolute Gasteiger partial charge is 0.167 e. The van der Waals surface area contributed by atoms with E-state index in [0.717, 1.165) is 66.4 Å². The highest BCUT2D eigenvalue weighted by Crippen LogP contribution is 2.42. The largest absolute Gasteiger partial charge is 0.455 e. The summed E-state index contributed by atoms with van der Waals surface area (Å²) < 4.78 is 9.19. The molecule has 4 aromatic heterocycles. The quantitative estimate of drug-likeness (QED) is 0.187. The Morgan fingerprint density at radius 3 is 1.78 bits per heavy atom. The van der Waals surface area contributed by atoms with Crippen molar-refractivity contribution in [2.24, 2.45) is 0 Å². The number of para-hydroxylation sites is 2. The summed E-state index contributed by atoms with van der Waals surface area (Å²) in [5.74, 6) is 1.72. The van der Waals surface area contributed by atoms with Gasteiger partial charge in [-0.2, -0.15) is 0 Å². The van der Waals surface area contributed by atoms with E-state index in [1.54, 1.807) is 0 Å². The summed E-state index contributed by atoms with van der Waals surface area (Å²) in [6.45, 7) is 0. The molecular formula is C44H27N5O. The van der Waals surface area contributed by atoms with Gasteiger partial charge in [-0.15, -0.1) is 0 Å². The van der Waals surface area contributed by atoms with Crippen LogP contribution in [0.15, 0.2) is 168 Å². The van der Waals surface area contributed by atoms with Crippen molar-refractivity contribution in [1.29, 1.82) is 0 Å².